The Labute approximate surface area is 178 Å². The molecule has 1 aromatic heterocycles. The van der Waals surface area contributed by atoms with Crippen molar-refractivity contribution in [1.82, 2.24) is 5.01 Å². The van der Waals surface area contributed by atoms with Gasteiger partial charge in [-0.05, 0) is 43.2 Å². The van der Waals surface area contributed by atoms with Crippen molar-refractivity contribution in [3.05, 3.63) is 57.8 Å². The van der Waals surface area contributed by atoms with E-state index >= 15 is 0 Å². The number of amides is 2. The first-order valence-electron chi connectivity index (χ1n) is 10.1. The van der Waals surface area contributed by atoms with Gasteiger partial charge in [-0.25, -0.2) is 0 Å². The molecule has 10 heteroatoms. The van der Waals surface area contributed by atoms with Gasteiger partial charge in [0, 0.05) is 24.1 Å². The quantitative estimate of drug-likeness (QED) is 0.570. The van der Waals surface area contributed by atoms with Crippen molar-refractivity contribution >= 4 is 29.3 Å². The molecule has 4 rings (SSSR count). The number of benzene rings is 1. The molecular formula is C21H22N4O6. The minimum atomic E-state index is -1.04. The van der Waals surface area contributed by atoms with Gasteiger partial charge < -0.3 is 14.5 Å². The average molecular weight is 426 g/mol. The van der Waals surface area contributed by atoms with Crippen LogP contribution in [-0.2, 0) is 14.3 Å². The van der Waals surface area contributed by atoms with Crippen LogP contribution >= 0.6 is 0 Å². The van der Waals surface area contributed by atoms with Crippen molar-refractivity contribution in [2.24, 2.45) is 11.0 Å². The molecule has 2 amide bonds. The summed E-state index contributed by atoms with van der Waals surface area (Å²) in [6, 6.07) is 9.50. The first kappa shape index (κ1) is 20.6. The smallest absolute Gasteiger partial charge is 0.433 e. The molecule has 1 saturated carbocycles. The molecule has 1 unspecified atom stereocenters. The normalized spacial score (nSPS) is 18.9. The Morgan fingerprint density at radius 1 is 1.13 bits per heavy atom. The number of anilines is 1. The highest BCUT2D eigenvalue weighted by molar-refractivity contribution is 5.97. The van der Waals surface area contributed by atoms with Crippen molar-refractivity contribution in [2.45, 2.75) is 45.3 Å². The van der Waals surface area contributed by atoms with Crippen LogP contribution < -0.4 is 5.32 Å². The second-order valence-corrected chi connectivity index (χ2v) is 7.57. The van der Waals surface area contributed by atoms with Crippen molar-refractivity contribution < 1.29 is 23.7 Å². The second-order valence-electron chi connectivity index (χ2n) is 7.57. The highest BCUT2D eigenvalue weighted by Crippen LogP contribution is 2.33. The Kier molecular flexibility index (Phi) is 5.70. The number of rotatable bonds is 5. The highest BCUT2D eigenvalue weighted by Gasteiger charge is 2.36. The molecule has 10 nitrogen and oxygen atoms in total. The number of carbonyl (C=O) groups is 2. The van der Waals surface area contributed by atoms with Gasteiger partial charge in [-0.3, -0.25) is 19.7 Å². The van der Waals surface area contributed by atoms with Gasteiger partial charge >= 0.3 is 5.88 Å². The van der Waals surface area contributed by atoms with Crippen LogP contribution in [0.2, 0.25) is 0 Å². The van der Waals surface area contributed by atoms with Crippen LogP contribution in [0, 0.1) is 16.0 Å². The van der Waals surface area contributed by atoms with Gasteiger partial charge in [0.1, 0.15) is 4.92 Å². The first-order chi connectivity index (χ1) is 14.9. The average Bonchev–Trinajstić information content (AvgIpc) is 3.42. The summed E-state index contributed by atoms with van der Waals surface area (Å²) in [6.45, 7) is 1.31. The predicted octanol–water partition coefficient (Wildman–Crippen LogP) is 3.95. The van der Waals surface area contributed by atoms with E-state index in [1.54, 1.807) is 24.3 Å². The summed E-state index contributed by atoms with van der Waals surface area (Å²) in [5, 5.41) is 19.1. The molecular weight excluding hydrogens is 404 g/mol. The number of nitrogens with one attached hydrogen (secondary N) is 1. The topological polar surface area (TPSA) is 127 Å². The number of carbonyl (C=O) groups excluding carboxylic acids is 2. The van der Waals surface area contributed by atoms with E-state index in [9.17, 15) is 19.7 Å². The molecule has 2 aliphatic rings. The molecule has 0 radical (unpaired) electrons. The third-order valence-corrected chi connectivity index (χ3v) is 5.38. The zero-order chi connectivity index (χ0) is 22.0. The summed E-state index contributed by atoms with van der Waals surface area (Å²) in [5.41, 5.74) is 1.25. The van der Waals surface area contributed by atoms with Crippen molar-refractivity contribution in [2.75, 3.05) is 5.32 Å². The summed E-state index contributed by atoms with van der Waals surface area (Å²) < 4.78 is 10.9. The van der Waals surface area contributed by atoms with E-state index in [0.717, 1.165) is 30.7 Å². The molecule has 1 aliphatic carbocycles. The van der Waals surface area contributed by atoms with Crippen molar-refractivity contribution in [3.8, 4) is 0 Å². The van der Waals surface area contributed by atoms with E-state index in [1.165, 1.54) is 25.5 Å². The standard InChI is InChI=1S/C21H22N4O6/c1-13(26)24-21(17-11-12-18(30-17)25(28)29)31-20(23-24)15-7-9-16(10-8-15)22-19(27)14-5-3-2-4-6-14/h7-12,14,21H,2-6H2,1H3,(H,22,27). The number of hydrogen-bond acceptors (Lipinski definition) is 7. The lowest BCUT2D eigenvalue weighted by Gasteiger charge is -2.20. The number of ether oxygens (including phenoxy) is 1. The molecule has 162 valence electrons. The summed E-state index contributed by atoms with van der Waals surface area (Å²) in [4.78, 5) is 34.6. The number of hydrazone groups is 1. The van der Waals surface area contributed by atoms with Crippen LogP contribution in [0.1, 0.15) is 56.6 Å². The monoisotopic (exact) mass is 426 g/mol. The number of nitro groups is 1. The van der Waals surface area contributed by atoms with E-state index in [-0.39, 0.29) is 23.5 Å². The lowest BCUT2D eigenvalue weighted by molar-refractivity contribution is -0.402. The SMILES string of the molecule is CC(=O)N1N=C(c2ccc(NC(=O)C3CCCCC3)cc2)OC1c1ccc([N+](=O)[O-])o1. The van der Waals surface area contributed by atoms with Crippen LogP contribution in [0.3, 0.4) is 0 Å². The van der Waals surface area contributed by atoms with Gasteiger partial charge in [0.2, 0.25) is 17.7 Å². The van der Waals surface area contributed by atoms with Gasteiger partial charge in [-0.1, -0.05) is 19.3 Å². The Bertz CT molecular complexity index is 1020. The van der Waals surface area contributed by atoms with Crippen LogP contribution in [0.5, 0.6) is 0 Å². The summed E-state index contributed by atoms with van der Waals surface area (Å²) in [6.07, 6.45) is 4.15. The lowest BCUT2D eigenvalue weighted by atomic mass is 9.88. The van der Waals surface area contributed by atoms with E-state index < -0.39 is 22.9 Å². The summed E-state index contributed by atoms with van der Waals surface area (Å²) in [5.74, 6) is -0.507. The summed E-state index contributed by atoms with van der Waals surface area (Å²) >= 11 is 0. The Balaban J connectivity index is 1.47. The number of nitrogens with zero attached hydrogens (tertiary/aromatic N) is 3. The minimum Gasteiger partial charge on any atom is -0.442 e. The molecule has 1 atom stereocenters. The minimum absolute atomic E-state index is 0.0316. The summed E-state index contributed by atoms with van der Waals surface area (Å²) in [7, 11) is 0. The Hall–Kier alpha value is -3.69. The number of furan rings is 1. The van der Waals surface area contributed by atoms with Crippen molar-refractivity contribution in [1.29, 1.82) is 0 Å². The molecule has 2 aromatic rings. The maximum absolute atomic E-state index is 12.4. The van der Waals surface area contributed by atoms with E-state index in [2.05, 4.69) is 10.4 Å². The van der Waals surface area contributed by atoms with Crippen LogP contribution in [0.25, 0.3) is 0 Å². The molecule has 0 bridgehead atoms. The highest BCUT2D eigenvalue weighted by atomic mass is 16.7. The Morgan fingerprint density at radius 2 is 1.84 bits per heavy atom. The molecule has 0 saturated heterocycles. The molecule has 2 heterocycles. The van der Waals surface area contributed by atoms with E-state index in [1.807, 2.05) is 0 Å². The molecule has 0 spiro atoms. The first-order valence-corrected chi connectivity index (χ1v) is 10.1. The molecule has 31 heavy (non-hydrogen) atoms. The largest absolute Gasteiger partial charge is 0.442 e. The molecule has 1 aromatic carbocycles. The predicted molar refractivity (Wildman–Crippen MR) is 110 cm³/mol. The maximum Gasteiger partial charge on any atom is 0.433 e. The Morgan fingerprint density at radius 3 is 2.45 bits per heavy atom. The van der Waals surface area contributed by atoms with Gasteiger partial charge in [-0.2, -0.15) is 5.01 Å². The maximum atomic E-state index is 12.4. The van der Waals surface area contributed by atoms with Gasteiger partial charge in [0.15, 0.2) is 5.76 Å². The van der Waals surface area contributed by atoms with E-state index in [4.69, 9.17) is 9.15 Å². The fourth-order valence-corrected chi connectivity index (χ4v) is 3.75. The third-order valence-electron chi connectivity index (χ3n) is 5.38. The fraction of sp³-hybridized carbons (Fsp3) is 0.381. The number of hydrogen-bond donors (Lipinski definition) is 1. The lowest BCUT2D eigenvalue weighted by Crippen LogP contribution is -2.24. The van der Waals surface area contributed by atoms with Gasteiger partial charge in [0.05, 0.1) is 6.07 Å². The fourth-order valence-electron chi connectivity index (χ4n) is 3.75. The van der Waals surface area contributed by atoms with Gasteiger partial charge in [-0.15, -0.1) is 5.10 Å². The van der Waals surface area contributed by atoms with Crippen LogP contribution in [0.15, 0.2) is 45.9 Å². The van der Waals surface area contributed by atoms with Crippen LogP contribution in [0.4, 0.5) is 11.6 Å². The molecule has 1 aliphatic heterocycles. The van der Waals surface area contributed by atoms with Crippen molar-refractivity contribution in [3.63, 3.8) is 0 Å². The zero-order valence-corrected chi connectivity index (χ0v) is 16.9. The van der Waals surface area contributed by atoms with E-state index in [0.29, 0.717) is 11.3 Å². The molecule has 1 N–H and O–H groups in total. The molecule has 1 fully saturated rings. The third kappa shape index (κ3) is 4.42. The zero-order valence-electron chi connectivity index (χ0n) is 16.9. The van der Waals surface area contributed by atoms with Crippen LogP contribution in [-0.4, -0.2) is 27.6 Å². The van der Waals surface area contributed by atoms with Gasteiger partial charge in [0.25, 0.3) is 6.23 Å². The second kappa shape index (κ2) is 8.58.